The van der Waals surface area contributed by atoms with Gasteiger partial charge in [0, 0.05) is 19.3 Å². The van der Waals surface area contributed by atoms with Crippen molar-refractivity contribution < 1.29 is 19.0 Å². The Morgan fingerprint density at radius 3 is 2.33 bits per heavy atom. The summed E-state index contributed by atoms with van der Waals surface area (Å²) in [5, 5.41) is 0. The molecule has 0 aliphatic rings. The van der Waals surface area contributed by atoms with Gasteiger partial charge in [-0.3, -0.25) is 0 Å². The number of esters is 1. The van der Waals surface area contributed by atoms with E-state index in [0.29, 0.717) is 19.4 Å². The number of rotatable bonds is 8. The first-order valence-electron chi connectivity index (χ1n) is 5.15. The zero-order chi connectivity index (χ0) is 11.7. The molecule has 0 aromatic rings. The van der Waals surface area contributed by atoms with Gasteiger partial charge in [-0.1, -0.05) is 6.58 Å². The van der Waals surface area contributed by atoms with E-state index in [9.17, 15) is 4.79 Å². The monoisotopic (exact) mass is 232 g/mol. The summed E-state index contributed by atoms with van der Waals surface area (Å²) in [5.41, 5.74) is -0.537. The lowest BCUT2D eigenvalue weighted by atomic mass is 10.7. The Balaban J connectivity index is 3.94. The second kappa shape index (κ2) is 7.61. The van der Waals surface area contributed by atoms with Crippen LogP contribution in [0.2, 0.25) is 0 Å². The molecule has 0 fully saturated rings. The largest absolute Gasteiger partial charge is 0.467 e. The molecular formula is C10H20O4Si. The maximum absolute atomic E-state index is 10.8. The topological polar surface area (TPSA) is 44.8 Å². The van der Waals surface area contributed by atoms with Crippen LogP contribution in [0.25, 0.3) is 0 Å². The van der Waals surface area contributed by atoms with Crippen LogP contribution in [0, 0.1) is 0 Å². The Morgan fingerprint density at radius 2 is 1.93 bits per heavy atom. The van der Waals surface area contributed by atoms with Gasteiger partial charge in [0.1, 0.15) is 14.9 Å². The first-order chi connectivity index (χ1) is 7.08. The summed E-state index contributed by atoms with van der Waals surface area (Å²) in [6.45, 7) is 10.3. The number of ether oxygens (including phenoxy) is 3. The summed E-state index contributed by atoms with van der Waals surface area (Å²) in [5.74, 6) is -0.391. The molecule has 0 aliphatic carbocycles. The predicted octanol–water partition coefficient (Wildman–Crippen LogP) is 0.589. The second-order valence-corrected chi connectivity index (χ2v) is 5.31. The van der Waals surface area contributed by atoms with E-state index in [0.717, 1.165) is 6.08 Å². The van der Waals surface area contributed by atoms with Gasteiger partial charge in [0.25, 0.3) is 0 Å². The van der Waals surface area contributed by atoms with Gasteiger partial charge in [-0.2, -0.15) is 0 Å². The molecule has 5 heteroatoms. The molecule has 0 aromatic heterocycles. The zero-order valence-electron chi connectivity index (χ0n) is 9.75. The van der Waals surface area contributed by atoms with E-state index in [1.54, 1.807) is 0 Å². The number of carbonyl (C=O) groups excluding carboxylic acids is 1. The van der Waals surface area contributed by atoms with Gasteiger partial charge < -0.3 is 14.2 Å². The van der Waals surface area contributed by atoms with Crippen LogP contribution in [-0.2, 0) is 19.0 Å². The van der Waals surface area contributed by atoms with E-state index >= 15 is 0 Å². The fourth-order valence-electron chi connectivity index (χ4n) is 1.19. The maximum atomic E-state index is 10.8. The van der Waals surface area contributed by atoms with Crippen molar-refractivity contribution >= 4 is 15.5 Å². The Kier molecular flexibility index (Phi) is 7.28. The smallest absolute Gasteiger partial charge is 0.329 e. The van der Waals surface area contributed by atoms with E-state index in [1.165, 1.54) is 0 Å². The van der Waals surface area contributed by atoms with Gasteiger partial charge in [0.15, 0.2) is 0 Å². The minimum atomic E-state index is -0.781. The lowest BCUT2D eigenvalue weighted by molar-refractivity contribution is -0.164. The first kappa shape index (κ1) is 14.3. The van der Waals surface area contributed by atoms with Crippen LogP contribution in [-0.4, -0.2) is 40.3 Å². The van der Waals surface area contributed by atoms with Crippen LogP contribution in [0.15, 0.2) is 12.7 Å². The zero-order valence-corrected chi connectivity index (χ0v) is 11.2. The molecule has 0 bridgehead atoms. The summed E-state index contributed by atoms with van der Waals surface area (Å²) < 4.78 is 15.9. The lowest BCUT2D eigenvalue weighted by Gasteiger charge is -2.28. The van der Waals surface area contributed by atoms with Crippen molar-refractivity contribution in [2.45, 2.75) is 26.2 Å². The molecule has 0 heterocycles. The fourth-order valence-corrected chi connectivity index (χ4v) is 2.56. The highest BCUT2D eigenvalue weighted by Gasteiger charge is 2.25. The highest BCUT2D eigenvalue weighted by molar-refractivity contribution is 6.38. The summed E-state index contributed by atoms with van der Waals surface area (Å²) in [6, 6.07) is 0. The molecular weight excluding hydrogens is 212 g/mol. The Bertz CT molecular complexity index is 200. The molecule has 0 aliphatic heterocycles. The SMILES string of the molecule is C=CC(=O)OC[SiH2]C(C)(OCC)OCC. The van der Waals surface area contributed by atoms with Crippen LogP contribution in [0.4, 0.5) is 0 Å². The van der Waals surface area contributed by atoms with Crippen molar-refractivity contribution in [3.63, 3.8) is 0 Å². The minimum Gasteiger partial charge on any atom is -0.467 e. The third-order valence-electron chi connectivity index (χ3n) is 1.87. The normalized spacial score (nSPS) is 11.9. The molecule has 0 aromatic carbocycles. The molecule has 15 heavy (non-hydrogen) atoms. The van der Waals surface area contributed by atoms with Crippen molar-refractivity contribution in [1.29, 1.82) is 0 Å². The summed E-state index contributed by atoms with van der Waals surface area (Å²) in [7, 11) is -0.781. The van der Waals surface area contributed by atoms with Gasteiger partial charge in [0.2, 0.25) is 0 Å². The van der Waals surface area contributed by atoms with Gasteiger partial charge >= 0.3 is 5.97 Å². The van der Waals surface area contributed by atoms with E-state index in [-0.39, 0.29) is 0 Å². The van der Waals surface area contributed by atoms with Gasteiger partial charge in [0.05, 0.1) is 6.23 Å². The molecule has 0 saturated carbocycles. The highest BCUT2D eigenvalue weighted by Crippen LogP contribution is 2.10. The Labute approximate surface area is 93.4 Å². The molecule has 0 unspecified atom stereocenters. The maximum Gasteiger partial charge on any atom is 0.329 e. The van der Waals surface area contributed by atoms with E-state index < -0.39 is 20.9 Å². The van der Waals surface area contributed by atoms with Crippen molar-refractivity contribution in [3.05, 3.63) is 12.7 Å². The average molecular weight is 232 g/mol. The van der Waals surface area contributed by atoms with E-state index in [1.807, 2.05) is 20.8 Å². The Hall–Kier alpha value is -0.653. The standard InChI is InChI=1S/C10H20O4Si/c1-5-9(11)12-8-15-10(4,13-6-2)14-7-3/h5H,1,6-8,15H2,2-4H3. The van der Waals surface area contributed by atoms with Crippen LogP contribution in [0.1, 0.15) is 20.8 Å². The molecule has 4 nitrogen and oxygen atoms in total. The van der Waals surface area contributed by atoms with Crippen molar-refractivity contribution in [3.8, 4) is 0 Å². The summed E-state index contributed by atoms with van der Waals surface area (Å²) in [4.78, 5) is 10.8. The van der Waals surface area contributed by atoms with Crippen LogP contribution >= 0.6 is 0 Å². The van der Waals surface area contributed by atoms with Gasteiger partial charge in [-0.15, -0.1) is 0 Å². The molecule has 88 valence electrons. The molecule has 0 spiro atoms. The Morgan fingerprint density at radius 1 is 1.40 bits per heavy atom. The quantitative estimate of drug-likeness (QED) is 0.266. The molecule has 0 N–H and O–H groups in total. The van der Waals surface area contributed by atoms with Crippen molar-refractivity contribution in [1.82, 2.24) is 0 Å². The van der Waals surface area contributed by atoms with Crippen molar-refractivity contribution in [2.75, 3.05) is 19.4 Å². The number of hydrogen-bond acceptors (Lipinski definition) is 4. The third kappa shape index (κ3) is 6.43. The second-order valence-electron chi connectivity index (χ2n) is 3.12. The molecule has 0 amide bonds. The van der Waals surface area contributed by atoms with Crippen LogP contribution in [0.3, 0.4) is 0 Å². The predicted molar refractivity (Wildman–Crippen MR) is 61.4 cm³/mol. The molecule has 0 saturated heterocycles. The lowest BCUT2D eigenvalue weighted by Crippen LogP contribution is -2.41. The summed E-state index contributed by atoms with van der Waals surface area (Å²) >= 11 is 0. The molecule has 0 radical (unpaired) electrons. The molecule has 0 rings (SSSR count). The third-order valence-corrected chi connectivity index (χ3v) is 3.59. The number of carbonyl (C=O) groups is 1. The molecule has 0 atom stereocenters. The van der Waals surface area contributed by atoms with Gasteiger partial charge in [-0.05, 0) is 20.8 Å². The van der Waals surface area contributed by atoms with Gasteiger partial charge in [-0.25, -0.2) is 4.79 Å². The van der Waals surface area contributed by atoms with E-state index in [2.05, 4.69) is 6.58 Å². The average Bonchev–Trinajstić information content (AvgIpc) is 2.18. The first-order valence-corrected chi connectivity index (χ1v) is 6.85. The van der Waals surface area contributed by atoms with E-state index in [4.69, 9.17) is 14.2 Å². The summed E-state index contributed by atoms with van der Waals surface area (Å²) in [6.07, 6.45) is 1.56. The van der Waals surface area contributed by atoms with Crippen molar-refractivity contribution in [2.24, 2.45) is 0 Å². The van der Waals surface area contributed by atoms with Crippen LogP contribution in [0.5, 0.6) is 0 Å². The fraction of sp³-hybridized carbons (Fsp3) is 0.700. The highest BCUT2D eigenvalue weighted by atomic mass is 28.2. The van der Waals surface area contributed by atoms with Crippen LogP contribution < -0.4 is 0 Å². The minimum absolute atomic E-state index is 0.391. The number of hydrogen-bond donors (Lipinski definition) is 0.